The molecule has 134 valence electrons. The van der Waals surface area contributed by atoms with Crippen molar-refractivity contribution in [2.75, 3.05) is 32.7 Å². The van der Waals surface area contributed by atoms with Crippen LogP contribution in [0.4, 0.5) is 0 Å². The largest absolute Gasteiger partial charge is 0.488 e. The predicted octanol–water partition coefficient (Wildman–Crippen LogP) is 3.37. The summed E-state index contributed by atoms with van der Waals surface area (Å²) in [4.78, 5) is 14.8. The zero-order valence-electron chi connectivity index (χ0n) is 15.8. The third kappa shape index (κ3) is 5.60. The second-order valence-corrected chi connectivity index (χ2v) is 8.31. The normalized spacial score (nSPS) is 16.9. The maximum atomic E-state index is 12.3. The van der Waals surface area contributed by atoms with Crippen molar-refractivity contribution >= 4 is 5.78 Å². The standard InChI is InChI=1S/C20H32N2O2/c1-19(2,3)18(23)16-6-8-17(9-7-16)24-20(4,5)10-13-22-14-11-21-12-15-22/h6-9,21H,10-15H2,1-5H3. The van der Waals surface area contributed by atoms with Gasteiger partial charge in [0, 0.05) is 43.7 Å². The smallest absolute Gasteiger partial charge is 0.168 e. The molecule has 1 aliphatic rings. The lowest BCUT2D eigenvalue weighted by Gasteiger charge is -2.32. The van der Waals surface area contributed by atoms with Gasteiger partial charge in [0.15, 0.2) is 5.78 Å². The van der Waals surface area contributed by atoms with Gasteiger partial charge >= 0.3 is 0 Å². The summed E-state index contributed by atoms with van der Waals surface area (Å²) < 4.78 is 6.16. The van der Waals surface area contributed by atoms with Gasteiger partial charge < -0.3 is 15.0 Å². The predicted molar refractivity (Wildman–Crippen MR) is 98.9 cm³/mol. The second kappa shape index (κ2) is 7.66. The van der Waals surface area contributed by atoms with Crippen molar-refractivity contribution in [3.63, 3.8) is 0 Å². The topological polar surface area (TPSA) is 41.6 Å². The molecule has 0 atom stereocenters. The molecule has 0 spiro atoms. The van der Waals surface area contributed by atoms with Crippen molar-refractivity contribution in [2.24, 2.45) is 5.41 Å². The quantitative estimate of drug-likeness (QED) is 0.811. The van der Waals surface area contributed by atoms with E-state index in [-0.39, 0.29) is 16.8 Å². The van der Waals surface area contributed by atoms with Crippen molar-refractivity contribution in [2.45, 2.75) is 46.6 Å². The Bertz CT molecular complexity index is 538. The van der Waals surface area contributed by atoms with Crippen LogP contribution in [0.5, 0.6) is 5.75 Å². The van der Waals surface area contributed by atoms with Gasteiger partial charge in [-0.1, -0.05) is 20.8 Å². The molecule has 1 aromatic rings. The van der Waals surface area contributed by atoms with E-state index in [0.717, 1.165) is 50.5 Å². The Labute approximate surface area is 146 Å². The van der Waals surface area contributed by atoms with Crippen LogP contribution >= 0.6 is 0 Å². The van der Waals surface area contributed by atoms with Crippen LogP contribution in [0.1, 0.15) is 51.4 Å². The van der Waals surface area contributed by atoms with E-state index in [9.17, 15) is 4.79 Å². The molecule has 0 aliphatic carbocycles. The van der Waals surface area contributed by atoms with Crippen LogP contribution in [0.3, 0.4) is 0 Å². The number of piperazine rings is 1. The Morgan fingerprint density at radius 1 is 1.08 bits per heavy atom. The molecule has 2 rings (SSSR count). The number of nitrogens with zero attached hydrogens (tertiary/aromatic N) is 1. The van der Waals surface area contributed by atoms with E-state index in [4.69, 9.17) is 4.74 Å². The molecule has 1 aliphatic heterocycles. The average molecular weight is 332 g/mol. The first-order valence-electron chi connectivity index (χ1n) is 8.94. The Morgan fingerprint density at radius 2 is 1.67 bits per heavy atom. The van der Waals surface area contributed by atoms with Crippen LogP contribution in [-0.4, -0.2) is 49.0 Å². The number of hydrogen-bond acceptors (Lipinski definition) is 4. The summed E-state index contributed by atoms with van der Waals surface area (Å²) in [6.45, 7) is 15.5. The van der Waals surface area contributed by atoms with Gasteiger partial charge in [-0.15, -0.1) is 0 Å². The lowest BCUT2D eigenvalue weighted by atomic mass is 9.86. The minimum atomic E-state index is -0.356. The highest BCUT2D eigenvalue weighted by molar-refractivity contribution is 5.99. The maximum Gasteiger partial charge on any atom is 0.168 e. The van der Waals surface area contributed by atoms with E-state index < -0.39 is 0 Å². The molecular formula is C20H32N2O2. The number of carbonyl (C=O) groups excluding carboxylic acids is 1. The van der Waals surface area contributed by atoms with Crippen LogP contribution in [-0.2, 0) is 0 Å². The van der Waals surface area contributed by atoms with Crippen molar-refractivity contribution in [3.05, 3.63) is 29.8 Å². The molecule has 4 nitrogen and oxygen atoms in total. The summed E-state index contributed by atoms with van der Waals surface area (Å²) in [6.07, 6.45) is 0.982. The lowest BCUT2D eigenvalue weighted by Crippen LogP contribution is -2.45. The van der Waals surface area contributed by atoms with Gasteiger partial charge in [-0.2, -0.15) is 0 Å². The Hall–Kier alpha value is -1.39. The van der Waals surface area contributed by atoms with E-state index in [0.29, 0.717) is 0 Å². The molecular weight excluding hydrogens is 300 g/mol. The monoisotopic (exact) mass is 332 g/mol. The first kappa shape index (κ1) is 18.9. The summed E-state index contributed by atoms with van der Waals surface area (Å²) in [5.41, 5.74) is 0.166. The van der Waals surface area contributed by atoms with Crippen molar-refractivity contribution < 1.29 is 9.53 Å². The first-order valence-corrected chi connectivity index (χ1v) is 8.94. The minimum absolute atomic E-state index is 0.159. The van der Waals surface area contributed by atoms with Gasteiger partial charge in [0.2, 0.25) is 0 Å². The van der Waals surface area contributed by atoms with Gasteiger partial charge in [-0.3, -0.25) is 4.79 Å². The molecule has 0 amide bonds. The first-order chi connectivity index (χ1) is 11.2. The van der Waals surface area contributed by atoms with Crippen molar-refractivity contribution in [1.29, 1.82) is 0 Å². The van der Waals surface area contributed by atoms with Crippen molar-refractivity contribution in [1.82, 2.24) is 10.2 Å². The van der Waals surface area contributed by atoms with E-state index in [1.807, 2.05) is 45.0 Å². The Morgan fingerprint density at radius 3 is 2.21 bits per heavy atom. The molecule has 0 bridgehead atoms. The van der Waals surface area contributed by atoms with E-state index in [2.05, 4.69) is 24.1 Å². The van der Waals surface area contributed by atoms with E-state index >= 15 is 0 Å². The molecule has 0 saturated carbocycles. The van der Waals surface area contributed by atoms with Crippen LogP contribution in [0.15, 0.2) is 24.3 Å². The van der Waals surface area contributed by atoms with Crippen LogP contribution in [0.25, 0.3) is 0 Å². The second-order valence-electron chi connectivity index (χ2n) is 8.31. The third-order valence-corrected chi connectivity index (χ3v) is 4.43. The summed E-state index contributed by atoms with van der Waals surface area (Å²) in [5, 5.41) is 3.38. The molecule has 1 N–H and O–H groups in total. The molecule has 0 aromatic heterocycles. The number of carbonyl (C=O) groups is 1. The molecule has 4 heteroatoms. The Kier molecular flexibility index (Phi) is 6.05. The number of ether oxygens (including phenoxy) is 1. The van der Waals surface area contributed by atoms with Gasteiger partial charge in [0.05, 0.1) is 0 Å². The number of hydrogen-bond donors (Lipinski definition) is 1. The van der Waals surface area contributed by atoms with Gasteiger partial charge in [0.1, 0.15) is 11.4 Å². The summed E-state index contributed by atoms with van der Waals surface area (Å²) in [5.74, 6) is 0.984. The van der Waals surface area contributed by atoms with Crippen molar-refractivity contribution in [3.8, 4) is 5.75 Å². The van der Waals surface area contributed by atoms with Gasteiger partial charge in [-0.25, -0.2) is 0 Å². The highest BCUT2D eigenvalue weighted by atomic mass is 16.5. The number of Topliss-reactive ketones (excluding diaryl/α,β-unsaturated/α-hetero) is 1. The number of ketones is 1. The van der Waals surface area contributed by atoms with Crippen LogP contribution in [0.2, 0.25) is 0 Å². The summed E-state index contributed by atoms with van der Waals surface area (Å²) in [6, 6.07) is 7.56. The van der Waals surface area contributed by atoms with Gasteiger partial charge in [-0.05, 0) is 44.5 Å². The number of rotatable bonds is 6. The molecule has 24 heavy (non-hydrogen) atoms. The number of nitrogens with one attached hydrogen (secondary N) is 1. The molecule has 1 fully saturated rings. The fraction of sp³-hybridized carbons (Fsp3) is 0.650. The molecule has 1 saturated heterocycles. The average Bonchev–Trinajstić information content (AvgIpc) is 2.53. The van der Waals surface area contributed by atoms with E-state index in [1.54, 1.807) is 0 Å². The lowest BCUT2D eigenvalue weighted by molar-refractivity contribution is 0.0808. The SMILES string of the molecule is CC(C)(CCN1CCNCC1)Oc1ccc(C(=O)C(C)(C)C)cc1. The van der Waals surface area contributed by atoms with Gasteiger partial charge in [0.25, 0.3) is 0 Å². The zero-order valence-corrected chi connectivity index (χ0v) is 15.8. The van der Waals surface area contributed by atoms with E-state index in [1.165, 1.54) is 0 Å². The summed E-state index contributed by atoms with van der Waals surface area (Å²) >= 11 is 0. The molecule has 1 heterocycles. The van der Waals surface area contributed by atoms with Crippen LogP contribution < -0.4 is 10.1 Å². The fourth-order valence-electron chi connectivity index (χ4n) is 2.84. The minimum Gasteiger partial charge on any atom is -0.488 e. The highest BCUT2D eigenvalue weighted by Gasteiger charge is 2.24. The Balaban J connectivity index is 1.90. The zero-order chi connectivity index (χ0) is 17.8. The third-order valence-electron chi connectivity index (χ3n) is 4.43. The number of benzene rings is 1. The maximum absolute atomic E-state index is 12.3. The summed E-state index contributed by atoms with van der Waals surface area (Å²) in [7, 11) is 0. The fourth-order valence-corrected chi connectivity index (χ4v) is 2.84. The molecule has 1 aromatic carbocycles. The van der Waals surface area contributed by atoms with Crippen LogP contribution in [0, 0.1) is 5.41 Å². The highest BCUT2D eigenvalue weighted by Crippen LogP contribution is 2.25. The molecule has 0 unspecified atom stereocenters. The molecule has 0 radical (unpaired) electrons.